The lowest BCUT2D eigenvalue weighted by Crippen LogP contribution is -2.51. The fraction of sp³-hybridized carbons (Fsp3) is 0.391. The van der Waals surface area contributed by atoms with Crippen LogP contribution in [0, 0.1) is 6.92 Å². The molecule has 30 heavy (non-hydrogen) atoms. The lowest BCUT2D eigenvalue weighted by molar-refractivity contribution is -0.143. The molecule has 0 saturated heterocycles. The number of para-hydroxylation sites is 1. The maximum Gasteiger partial charge on any atom is 0.261 e. The molecule has 0 aliphatic heterocycles. The summed E-state index contributed by atoms with van der Waals surface area (Å²) in [5.74, 6) is 0.0844. The zero-order valence-electron chi connectivity index (χ0n) is 17.7. The molecule has 0 aromatic heterocycles. The molecule has 0 bridgehead atoms. The van der Waals surface area contributed by atoms with E-state index in [1.54, 1.807) is 24.3 Å². The first-order valence-electron chi connectivity index (χ1n) is 9.95. The smallest absolute Gasteiger partial charge is 0.261 e. The van der Waals surface area contributed by atoms with E-state index in [0.29, 0.717) is 27.8 Å². The standard InChI is InChI=1S/C23H28Cl2N2O3/c1-5-20(23(29)26-15(2)3)27(13-17-18(24)10-8-11-19(17)25)22(28)14-30-21-12-7-6-9-16(21)4/h6-12,15,20H,5,13-14H2,1-4H3,(H,26,29)/t20-/m0/s1. The number of nitrogens with zero attached hydrogens (tertiary/aromatic N) is 1. The number of aryl methyl sites for hydroxylation is 1. The number of halogens is 2. The van der Waals surface area contributed by atoms with Gasteiger partial charge < -0.3 is 15.0 Å². The SMILES string of the molecule is CC[C@@H](C(=O)NC(C)C)N(Cc1c(Cl)cccc1Cl)C(=O)COc1ccccc1C. The molecule has 1 atom stereocenters. The molecule has 0 aliphatic rings. The van der Waals surface area contributed by atoms with E-state index in [4.69, 9.17) is 27.9 Å². The quantitative estimate of drug-likeness (QED) is 0.583. The number of ether oxygens (including phenoxy) is 1. The second kappa shape index (κ2) is 11.2. The predicted molar refractivity (Wildman–Crippen MR) is 121 cm³/mol. The van der Waals surface area contributed by atoms with E-state index in [1.165, 1.54) is 4.90 Å². The molecule has 5 nitrogen and oxygen atoms in total. The van der Waals surface area contributed by atoms with E-state index < -0.39 is 6.04 Å². The van der Waals surface area contributed by atoms with Crippen molar-refractivity contribution >= 4 is 35.0 Å². The molecule has 2 aromatic rings. The highest BCUT2D eigenvalue weighted by Gasteiger charge is 2.30. The van der Waals surface area contributed by atoms with E-state index in [1.807, 2.05) is 45.9 Å². The first-order valence-corrected chi connectivity index (χ1v) is 10.7. The van der Waals surface area contributed by atoms with Crippen LogP contribution in [0.1, 0.15) is 38.3 Å². The van der Waals surface area contributed by atoms with Gasteiger partial charge in [0.2, 0.25) is 5.91 Å². The third-order valence-corrected chi connectivity index (χ3v) is 5.36. The predicted octanol–water partition coefficient (Wildman–Crippen LogP) is 5.01. The van der Waals surface area contributed by atoms with Crippen LogP contribution in [0.3, 0.4) is 0 Å². The minimum atomic E-state index is -0.673. The second-order valence-electron chi connectivity index (χ2n) is 7.36. The van der Waals surface area contributed by atoms with Gasteiger partial charge in [0.15, 0.2) is 6.61 Å². The molecule has 0 unspecified atom stereocenters. The second-order valence-corrected chi connectivity index (χ2v) is 8.18. The monoisotopic (exact) mass is 450 g/mol. The highest BCUT2D eigenvalue weighted by atomic mass is 35.5. The van der Waals surface area contributed by atoms with E-state index in [-0.39, 0.29) is 31.0 Å². The third-order valence-electron chi connectivity index (χ3n) is 4.65. The number of benzene rings is 2. The lowest BCUT2D eigenvalue weighted by Gasteiger charge is -2.31. The summed E-state index contributed by atoms with van der Waals surface area (Å²) in [5, 5.41) is 3.77. The summed E-state index contributed by atoms with van der Waals surface area (Å²) in [6.45, 7) is 7.44. The van der Waals surface area contributed by atoms with Gasteiger partial charge in [-0.15, -0.1) is 0 Å². The number of nitrogens with one attached hydrogen (secondary N) is 1. The molecule has 2 rings (SSSR count). The van der Waals surface area contributed by atoms with Crippen molar-refractivity contribution in [2.75, 3.05) is 6.61 Å². The van der Waals surface area contributed by atoms with Crippen LogP contribution >= 0.6 is 23.2 Å². The first kappa shape index (κ1) is 24.0. The Balaban J connectivity index is 2.30. The van der Waals surface area contributed by atoms with Gasteiger partial charge in [-0.05, 0) is 51.0 Å². The van der Waals surface area contributed by atoms with Gasteiger partial charge in [0.1, 0.15) is 11.8 Å². The van der Waals surface area contributed by atoms with Gasteiger partial charge in [-0.25, -0.2) is 0 Å². The Kier molecular flexibility index (Phi) is 9.00. The number of amides is 2. The molecular weight excluding hydrogens is 423 g/mol. The van der Waals surface area contributed by atoms with Crippen LogP contribution in [0.5, 0.6) is 5.75 Å². The molecule has 2 amide bonds. The molecule has 1 N–H and O–H groups in total. The number of rotatable bonds is 9. The van der Waals surface area contributed by atoms with Crippen molar-refractivity contribution < 1.29 is 14.3 Å². The fourth-order valence-electron chi connectivity index (χ4n) is 3.09. The van der Waals surface area contributed by atoms with E-state index in [2.05, 4.69) is 5.32 Å². The zero-order valence-corrected chi connectivity index (χ0v) is 19.3. The molecule has 162 valence electrons. The normalized spacial score (nSPS) is 11.8. The van der Waals surface area contributed by atoms with Crippen LogP contribution < -0.4 is 10.1 Å². The Morgan fingerprint density at radius 3 is 2.27 bits per heavy atom. The number of carbonyl (C=O) groups excluding carboxylic acids is 2. The lowest BCUT2D eigenvalue weighted by atomic mass is 10.1. The number of carbonyl (C=O) groups is 2. The van der Waals surface area contributed by atoms with Crippen molar-refractivity contribution in [3.63, 3.8) is 0 Å². The Bertz CT molecular complexity index is 866. The van der Waals surface area contributed by atoms with Gasteiger partial charge in [0.05, 0.1) is 0 Å². The summed E-state index contributed by atoms with van der Waals surface area (Å²) in [7, 11) is 0. The van der Waals surface area contributed by atoms with Crippen molar-refractivity contribution in [2.24, 2.45) is 0 Å². The van der Waals surface area contributed by atoms with Crippen molar-refractivity contribution in [1.82, 2.24) is 10.2 Å². The summed E-state index contributed by atoms with van der Waals surface area (Å²) in [5.41, 5.74) is 1.52. The van der Waals surface area contributed by atoms with Crippen LogP contribution in [0.4, 0.5) is 0 Å². The van der Waals surface area contributed by atoms with E-state index in [9.17, 15) is 9.59 Å². The van der Waals surface area contributed by atoms with Gasteiger partial charge in [0.25, 0.3) is 5.91 Å². The van der Waals surface area contributed by atoms with Gasteiger partial charge >= 0.3 is 0 Å². The van der Waals surface area contributed by atoms with Crippen molar-refractivity contribution in [3.8, 4) is 5.75 Å². The molecule has 0 spiro atoms. The van der Waals surface area contributed by atoms with Gasteiger partial charge in [-0.2, -0.15) is 0 Å². The minimum absolute atomic E-state index is 0.0457. The maximum absolute atomic E-state index is 13.2. The Morgan fingerprint density at radius 1 is 1.07 bits per heavy atom. The molecule has 7 heteroatoms. The summed E-state index contributed by atoms with van der Waals surface area (Å²) in [6, 6.07) is 11.9. The third kappa shape index (κ3) is 6.38. The van der Waals surface area contributed by atoms with E-state index >= 15 is 0 Å². The molecule has 0 saturated carbocycles. The molecule has 0 heterocycles. The average molecular weight is 451 g/mol. The fourth-order valence-corrected chi connectivity index (χ4v) is 3.61. The molecule has 0 fully saturated rings. The van der Waals surface area contributed by atoms with Crippen LogP contribution in [0.25, 0.3) is 0 Å². The number of hydrogen-bond acceptors (Lipinski definition) is 3. The summed E-state index contributed by atoms with van der Waals surface area (Å²) >= 11 is 12.7. The van der Waals surface area contributed by atoms with E-state index in [0.717, 1.165) is 5.56 Å². The van der Waals surface area contributed by atoms with Crippen LogP contribution in [-0.2, 0) is 16.1 Å². The summed E-state index contributed by atoms with van der Waals surface area (Å²) in [6.07, 6.45) is 0.441. The molecule has 0 aliphatic carbocycles. The van der Waals surface area contributed by atoms with Crippen LogP contribution in [0.15, 0.2) is 42.5 Å². The van der Waals surface area contributed by atoms with Crippen molar-refractivity contribution in [2.45, 2.75) is 52.7 Å². The highest BCUT2D eigenvalue weighted by Crippen LogP contribution is 2.27. The minimum Gasteiger partial charge on any atom is -0.484 e. The van der Waals surface area contributed by atoms with Crippen molar-refractivity contribution in [3.05, 3.63) is 63.6 Å². The maximum atomic E-state index is 13.2. The van der Waals surface area contributed by atoms with Crippen LogP contribution in [0.2, 0.25) is 10.0 Å². The summed E-state index contributed by atoms with van der Waals surface area (Å²) in [4.78, 5) is 27.5. The number of hydrogen-bond donors (Lipinski definition) is 1. The van der Waals surface area contributed by atoms with Gasteiger partial charge in [-0.1, -0.05) is 54.4 Å². The van der Waals surface area contributed by atoms with Crippen LogP contribution in [-0.4, -0.2) is 35.4 Å². The Labute approximate surface area is 188 Å². The topological polar surface area (TPSA) is 58.6 Å². The largest absolute Gasteiger partial charge is 0.484 e. The highest BCUT2D eigenvalue weighted by molar-refractivity contribution is 6.36. The molecule has 2 aromatic carbocycles. The Hall–Kier alpha value is -2.24. The Morgan fingerprint density at radius 2 is 1.70 bits per heavy atom. The van der Waals surface area contributed by atoms with Crippen molar-refractivity contribution in [1.29, 1.82) is 0 Å². The van der Waals surface area contributed by atoms with Gasteiger partial charge in [0, 0.05) is 28.2 Å². The molecular formula is C23H28Cl2N2O3. The molecule has 0 radical (unpaired) electrons. The zero-order chi connectivity index (χ0) is 22.3. The summed E-state index contributed by atoms with van der Waals surface area (Å²) < 4.78 is 5.74. The first-order chi connectivity index (χ1) is 14.2. The average Bonchev–Trinajstić information content (AvgIpc) is 2.68. The van der Waals surface area contributed by atoms with Gasteiger partial charge in [-0.3, -0.25) is 9.59 Å².